The lowest BCUT2D eigenvalue weighted by molar-refractivity contribution is 0.102. The summed E-state index contributed by atoms with van der Waals surface area (Å²) in [6, 6.07) is 5.43. The quantitative estimate of drug-likeness (QED) is 0.924. The Hall–Kier alpha value is -2.75. The third-order valence-electron chi connectivity index (χ3n) is 2.97. The summed E-state index contributed by atoms with van der Waals surface area (Å²) < 4.78 is 0. The zero-order valence-corrected chi connectivity index (χ0v) is 16.1. The summed E-state index contributed by atoms with van der Waals surface area (Å²) in [5.74, 6) is -0.202. The first-order chi connectivity index (χ1) is 12.1. The van der Waals surface area contributed by atoms with Gasteiger partial charge in [-0.1, -0.05) is 46.4 Å². The third-order valence-corrected chi connectivity index (χ3v) is 2.97. The summed E-state index contributed by atoms with van der Waals surface area (Å²) in [5, 5.41) is 4.58. The molecule has 2 aromatic rings. The topological polar surface area (TPSA) is 54.9 Å². The lowest BCUT2D eigenvalue weighted by Crippen LogP contribution is -2.28. The van der Waals surface area contributed by atoms with E-state index in [1.54, 1.807) is 30.6 Å². The van der Waals surface area contributed by atoms with Crippen LogP contribution in [-0.2, 0) is 0 Å². The molecule has 0 unspecified atom stereocenters. The molecular formula is C21H29N3O. The number of carbonyl (C=O) groups excluding carboxylic acids is 1. The minimum atomic E-state index is -0.202. The molecule has 134 valence electrons. The molecule has 2 aromatic heterocycles. The van der Waals surface area contributed by atoms with E-state index >= 15 is 0 Å². The van der Waals surface area contributed by atoms with Gasteiger partial charge in [0.2, 0.25) is 0 Å². The van der Waals surface area contributed by atoms with E-state index in [1.807, 2.05) is 59.8 Å². The molecule has 1 N–H and O–H groups in total. The zero-order valence-electron chi connectivity index (χ0n) is 16.1. The first kappa shape index (κ1) is 22.2. The Morgan fingerprint density at radius 3 is 2.32 bits per heavy atom. The van der Waals surface area contributed by atoms with Crippen molar-refractivity contribution in [2.75, 3.05) is 5.32 Å². The zero-order chi connectivity index (χ0) is 19.2. The highest BCUT2D eigenvalue weighted by atomic mass is 16.1. The molecule has 0 spiro atoms. The molecule has 4 heteroatoms. The number of hydrogen-bond acceptors (Lipinski definition) is 3. The van der Waals surface area contributed by atoms with Gasteiger partial charge in [-0.05, 0) is 43.3 Å². The molecule has 2 heterocycles. The molecule has 0 bridgehead atoms. The number of nitrogens with one attached hydrogen (secondary N) is 1. The van der Waals surface area contributed by atoms with Crippen LogP contribution in [-0.4, -0.2) is 15.9 Å². The highest BCUT2D eigenvalue weighted by molar-refractivity contribution is 6.03. The van der Waals surface area contributed by atoms with Crippen LogP contribution < -0.4 is 15.9 Å². The van der Waals surface area contributed by atoms with Gasteiger partial charge in [-0.15, -0.1) is 0 Å². The Bertz CT molecular complexity index is 778. The standard InChI is InChI=1S/C17H17N3O.2C2H6/c1-4-6-16-13(5-2)9-15(11-19-16)20-17(21)14-8-7-12(3)18-10-14;2*1-2/h4-11H,1H2,2-3H3,(H,20,21);2*1-2H3/b13-5-,16-6+;;. The van der Waals surface area contributed by atoms with Crippen molar-refractivity contribution < 1.29 is 4.79 Å². The van der Waals surface area contributed by atoms with E-state index in [9.17, 15) is 4.79 Å². The number of allylic oxidation sites excluding steroid dienone is 1. The fraction of sp³-hybridized carbons (Fsp3) is 0.286. The molecule has 0 atom stereocenters. The summed E-state index contributed by atoms with van der Waals surface area (Å²) in [4.78, 5) is 20.5. The smallest absolute Gasteiger partial charge is 0.257 e. The molecule has 0 saturated carbocycles. The number of pyridine rings is 2. The molecule has 0 aliphatic heterocycles. The number of rotatable bonds is 3. The van der Waals surface area contributed by atoms with Crippen LogP contribution >= 0.6 is 0 Å². The van der Waals surface area contributed by atoms with Crippen LogP contribution in [0.25, 0.3) is 12.2 Å². The van der Waals surface area contributed by atoms with Crippen LogP contribution in [0.15, 0.2) is 43.2 Å². The molecule has 1 amide bonds. The largest absolute Gasteiger partial charge is 0.321 e. The monoisotopic (exact) mass is 339 g/mol. The summed E-state index contributed by atoms with van der Waals surface area (Å²) in [7, 11) is 0. The highest BCUT2D eigenvalue weighted by Gasteiger charge is 2.06. The van der Waals surface area contributed by atoms with Crippen LogP contribution in [0.5, 0.6) is 0 Å². The molecule has 25 heavy (non-hydrogen) atoms. The van der Waals surface area contributed by atoms with E-state index in [2.05, 4.69) is 21.9 Å². The van der Waals surface area contributed by atoms with Gasteiger partial charge in [0, 0.05) is 11.9 Å². The number of aryl methyl sites for hydroxylation is 1. The summed E-state index contributed by atoms with van der Waals surface area (Å²) >= 11 is 0. The van der Waals surface area contributed by atoms with Gasteiger partial charge < -0.3 is 5.32 Å². The molecular weight excluding hydrogens is 310 g/mol. The summed E-state index contributed by atoms with van der Waals surface area (Å²) in [6.45, 7) is 15.5. The maximum atomic E-state index is 12.1. The van der Waals surface area contributed by atoms with E-state index in [-0.39, 0.29) is 5.91 Å². The molecule has 2 rings (SSSR count). The second kappa shape index (κ2) is 12.6. The predicted octanol–water partition coefficient (Wildman–Crippen LogP) is 3.86. The second-order valence-corrected chi connectivity index (χ2v) is 4.53. The van der Waals surface area contributed by atoms with Crippen molar-refractivity contribution in [2.24, 2.45) is 0 Å². The van der Waals surface area contributed by atoms with Crippen molar-refractivity contribution in [1.82, 2.24) is 9.97 Å². The van der Waals surface area contributed by atoms with Gasteiger partial charge in [-0.3, -0.25) is 14.8 Å². The first-order valence-electron chi connectivity index (χ1n) is 8.63. The van der Waals surface area contributed by atoms with Crippen LogP contribution in [0, 0.1) is 6.92 Å². The number of nitrogens with zero attached hydrogens (tertiary/aromatic N) is 2. The van der Waals surface area contributed by atoms with Crippen molar-refractivity contribution in [3.05, 3.63) is 65.1 Å². The molecule has 0 aliphatic carbocycles. The first-order valence-corrected chi connectivity index (χ1v) is 8.63. The van der Waals surface area contributed by atoms with E-state index in [4.69, 9.17) is 0 Å². The number of aromatic nitrogens is 2. The van der Waals surface area contributed by atoms with Crippen LogP contribution in [0.2, 0.25) is 0 Å². The minimum Gasteiger partial charge on any atom is -0.321 e. The van der Waals surface area contributed by atoms with E-state index in [0.29, 0.717) is 11.3 Å². The van der Waals surface area contributed by atoms with Gasteiger partial charge in [0.25, 0.3) is 5.91 Å². The van der Waals surface area contributed by atoms with Gasteiger partial charge in [-0.2, -0.15) is 0 Å². The number of hydrogen-bond donors (Lipinski definition) is 1. The Balaban J connectivity index is 0.00000134. The summed E-state index contributed by atoms with van der Waals surface area (Å²) in [5.41, 5.74) is 2.04. The van der Waals surface area contributed by atoms with E-state index in [1.165, 1.54) is 0 Å². The molecule has 0 aliphatic rings. The van der Waals surface area contributed by atoms with Gasteiger partial charge in [0.05, 0.1) is 22.8 Å². The lowest BCUT2D eigenvalue weighted by atomic mass is 10.2. The Morgan fingerprint density at radius 2 is 1.80 bits per heavy atom. The number of amides is 1. The molecule has 0 fully saturated rings. The lowest BCUT2D eigenvalue weighted by Gasteiger charge is -2.05. The number of anilines is 1. The molecule has 4 nitrogen and oxygen atoms in total. The van der Waals surface area contributed by atoms with Crippen molar-refractivity contribution in [1.29, 1.82) is 0 Å². The Labute approximate surface area is 151 Å². The Kier molecular flexibility index (Phi) is 11.3. The number of carbonyl (C=O) groups is 1. The van der Waals surface area contributed by atoms with Crippen molar-refractivity contribution in [2.45, 2.75) is 41.5 Å². The minimum absolute atomic E-state index is 0.202. The van der Waals surface area contributed by atoms with Crippen molar-refractivity contribution in [3.63, 3.8) is 0 Å². The molecule has 0 radical (unpaired) electrons. The summed E-state index contributed by atoms with van der Waals surface area (Å²) in [6.07, 6.45) is 8.63. The van der Waals surface area contributed by atoms with Crippen molar-refractivity contribution in [3.8, 4) is 0 Å². The van der Waals surface area contributed by atoms with Crippen LogP contribution in [0.4, 0.5) is 5.69 Å². The fourth-order valence-electron chi connectivity index (χ4n) is 1.85. The third kappa shape index (κ3) is 7.12. The fourth-order valence-corrected chi connectivity index (χ4v) is 1.85. The van der Waals surface area contributed by atoms with Gasteiger partial charge in [-0.25, -0.2) is 0 Å². The highest BCUT2D eigenvalue weighted by Crippen LogP contribution is 2.05. The predicted molar refractivity (Wildman–Crippen MR) is 108 cm³/mol. The van der Waals surface area contributed by atoms with Crippen LogP contribution in [0.1, 0.15) is 50.7 Å². The van der Waals surface area contributed by atoms with Gasteiger partial charge >= 0.3 is 0 Å². The van der Waals surface area contributed by atoms with Gasteiger partial charge in [0.15, 0.2) is 0 Å². The van der Waals surface area contributed by atoms with Gasteiger partial charge in [0.1, 0.15) is 0 Å². The normalized spacial score (nSPS) is 10.8. The average Bonchev–Trinajstić information content (AvgIpc) is 2.67. The van der Waals surface area contributed by atoms with E-state index < -0.39 is 0 Å². The van der Waals surface area contributed by atoms with Crippen LogP contribution in [0.3, 0.4) is 0 Å². The maximum absolute atomic E-state index is 12.1. The Morgan fingerprint density at radius 1 is 1.12 bits per heavy atom. The SMILES string of the molecule is C=C/C=c1/ncc(NC(=O)c2ccc(C)nc2)c/c1=C/C.CC.CC. The molecule has 0 aromatic carbocycles. The maximum Gasteiger partial charge on any atom is 0.257 e. The molecule has 0 saturated heterocycles. The van der Waals surface area contributed by atoms with Crippen molar-refractivity contribution >= 4 is 23.7 Å². The second-order valence-electron chi connectivity index (χ2n) is 4.53. The average molecular weight is 339 g/mol. The van der Waals surface area contributed by atoms with E-state index in [0.717, 1.165) is 16.3 Å².